The molecule has 1 amide bonds. The highest BCUT2D eigenvalue weighted by Gasteiger charge is 2.07. The smallest absolute Gasteiger partial charge is 0.271 e. The molecule has 0 unspecified atom stereocenters. The van der Waals surface area contributed by atoms with Gasteiger partial charge in [0.2, 0.25) is 0 Å². The van der Waals surface area contributed by atoms with Crippen molar-refractivity contribution in [3.63, 3.8) is 0 Å². The second-order valence-corrected chi connectivity index (χ2v) is 7.02. The minimum absolute atomic E-state index is 0.0242. The third-order valence-corrected chi connectivity index (χ3v) is 4.72. The Morgan fingerprint density at radius 3 is 2.50 bits per heavy atom. The van der Waals surface area contributed by atoms with E-state index in [-0.39, 0.29) is 12.4 Å². The first kappa shape index (κ1) is 21.5. The summed E-state index contributed by atoms with van der Waals surface area (Å²) in [6, 6.07) is 16.5. The number of carbonyl (C=O) groups is 1. The lowest BCUT2D eigenvalue weighted by Gasteiger charge is -2.08. The molecule has 0 radical (unpaired) electrons. The number of benzene rings is 3. The van der Waals surface area contributed by atoms with E-state index in [0.29, 0.717) is 32.7 Å². The summed E-state index contributed by atoms with van der Waals surface area (Å²) in [7, 11) is 1.52. The molecule has 0 aliphatic heterocycles. The highest BCUT2D eigenvalue weighted by Crippen LogP contribution is 2.23. The summed E-state index contributed by atoms with van der Waals surface area (Å²) in [4.78, 5) is 12.2. The van der Waals surface area contributed by atoms with Crippen molar-refractivity contribution in [2.24, 2.45) is 5.10 Å². The molecule has 154 valence electrons. The van der Waals surface area contributed by atoms with Crippen LogP contribution in [0.5, 0.6) is 17.2 Å². The number of amides is 1. The monoisotopic (exact) mass is 444 g/mol. The van der Waals surface area contributed by atoms with Crippen LogP contribution in [0.2, 0.25) is 10.0 Å². The van der Waals surface area contributed by atoms with Crippen LogP contribution in [-0.2, 0) is 6.61 Å². The third kappa shape index (κ3) is 5.65. The molecule has 3 rings (SSSR count). The zero-order chi connectivity index (χ0) is 21.5. The first-order valence-electron chi connectivity index (χ1n) is 8.83. The van der Waals surface area contributed by atoms with E-state index in [9.17, 15) is 9.90 Å². The number of carbonyl (C=O) groups excluding carboxylic acids is 1. The standard InChI is InChI=1S/C22H18Cl2N2O4/c1-29-19-8-9-21(27)16(10-19)12-25-26-22(28)14-3-6-18(7-4-14)30-13-15-2-5-17(23)11-20(15)24/h2-12,27H,13H2,1H3,(H,26,28)/b25-12+. The molecule has 0 atom stereocenters. The van der Waals surface area contributed by atoms with Crippen molar-refractivity contribution in [3.05, 3.63) is 87.4 Å². The Balaban J connectivity index is 1.57. The zero-order valence-electron chi connectivity index (χ0n) is 15.9. The molecule has 0 aliphatic carbocycles. The van der Waals surface area contributed by atoms with E-state index in [1.807, 2.05) is 0 Å². The van der Waals surface area contributed by atoms with Gasteiger partial charge in [-0.2, -0.15) is 5.10 Å². The molecule has 0 aliphatic rings. The molecule has 2 N–H and O–H groups in total. The maximum Gasteiger partial charge on any atom is 0.271 e. The Labute approximate surface area is 183 Å². The van der Waals surface area contributed by atoms with E-state index < -0.39 is 5.91 Å². The maximum atomic E-state index is 12.2. The van der Waals surface area contributed by atoms with Crippen molar-refractivity contribution in [2.75, 3.05) is 7.11 Å². The lowest BCUT2D eigenvalue weighted by molar-refractivity contribution is 0.0955. The largest absolute Gasteiger partial charge is 0.507 e. The summed E-state index contributed by atoms with van der Waals surface area (Å²) in [6.45, 7) is 0.274. The second kappa shape index (κ2) is 10.0. The normalized spacial score (nSPS) is 10.8. The van der Waals surface area contributed by atoms with E-state index >= 15 is 0 Å². The molecule has 0 fully saturated rings. The third-order valence-electron chi connectivity index (χ3n) is 4.13. The van der Waals surface area contributed by atoms with Gasteiger partial charge in [0.1, 0.15) is 23.9 Å². The number of hydrazone groups is 1. The lowest BCUT2D eigenvalue weighted by atomic mass is 10.2. The van der Waals surface area contributed by atoms with E-state index in [0.717, 1.165) is 5.56 Å². The van der Waals surface area contributed by atoms with Gasteiger partial charge in [0.15, 0.2) is 0 Å². The lowest BCUT2D eigenvalue weighted by Crippen LogP contribution is -2.17. The van der Waals surface area contributed by atoms with Crippen molar-refractivity contribution in [1.29, 1.82) is 0 Å². The highest BCUT2D eigenvalue weighted by molar-refractivity contribution is 6.35. The first-order valence-corrected chi connectivity index (χ1v) is 9.59. The molecule has 0 saturated heterocycles. The Hall–Kier alpha value is -3.22. The van der Waals surface area contributed by atoms with Crippen LogP contribution in [0.3, 0.4) is 0 Å². The summed E-state index contributed by atoms with van der Waals surface area (Å²) >= 11 is 12.0. The van der Waals surface area contributed by atoms with Gasteiger partial charge < -0.3 is 14.6 Å². The second-order valence-electron chi connectivity index (χ2n) is 6.17. The van der Waals surface area contributed by atoms with Crippen molar-refractivity contribution in [2.45, 2.75) is 6.61 Å². The molecule has 3 aromatic carbocycles. The van der Waals surface area contributed by atoms with Gasteiger partial charge in [-0.05, 0) is 54.6 Å². The Morgan fingerprint density at radius 2 is 1.80 bits per heavy atom. The molecule has 0 saturated carbocycles. The van der Waals surface area contributed by atoms with E-state index in [1.54, 1.807) is 54.6 Å². The molecule has 0 heterocycles. The maximum absolute atomic E-state index is 12.2. The molecule has 8 heteroatoms. The summed E-state index contributed by atoms with van der Waals surface area (Å²) in [5, 5.41) is 14.8. The number of rotatable bonds is 7. The molecule has 6 nitrogen and oxygen atoms in total. The van der Waals surface area contributed by atoms with Crippen LogP contribution >= 0.6 is 23.2 Å². The van der Waals surface area contributed by atoms with Crippen LogP contribution in [0.4, 0.5) is 0 Å². The topological polar surface area (TPSA) is 80.2 Å². The van der Waals surface area contributed by atoms with Gasteiger partial charge in [0.05, 0.1) is 13.3 Å². The average molecular weight is 445 g/mol. The van der Waals surface area contributed by atoms with Gasteiger partial charge in [-0.3, -0.25) is 4.79 Å². The average Bonchev–Trinajstić information content (AvgIpc) is 2.74. The number of nitrogens with zero attached hydrogens (tertiary/aromatic N) is 1. The quantitative estimate of drug-likeness (QED) is 0.394. The minimum atomic E-state index is -0.402. The Kier molecular flexibility index (Phi) is 7.17. The van der Waals surface area contributed by atoms with Crippen LogP contribution in [-0.4, -0.2) is 24.3 Å². The van der Waals surface area contributed by atoms with Gasteiger partial charge in [-0.15, -0.1) is 0 Å². The van der Waals surface area contributed by atoms with Crippen LogP contribution in [0.25, 0.3) is 0 Å². The number of nitrogens with one attached hydrogen (secondary N) is 1. The van der Waals surface area contributed by atoms with Crippen molar-refractivity contribution >= 4 is 35.3 Å². The molecular formula is C22H18Cl2N2O4. The molecule has 0 bridgehead atoms. The number of phenols is 1. The van der Waals surface area contributed by atoms with Crippen molar-refractivity contribution in [3.8, 4) is 17.2 Å². The number of ether oxygens (including phenoxy) is 2. The molecular weight excluding hydrogens is 427 g/mol. The summed E-state index contributed by atoms with van der Waals surface area (Å²) in [5.74, 6) is 0.774. The number of phenolic OH excluding ortho intramolecular Hbond substituents is 1. The van der Waals surface area contributed by atoms with Crippen molar-refractivity contribution in [1.82, 2.24) is 5.43 Å². The fourth-order valence-corrected chi connectivity index (χ4v) is 2.95. The summed E-state index contributed by atoms with van der Waals surface area (Å²) < 4.78 is 10.8. The summed E-state index contributed by atoms with van der Waals surface area (Å²) in [6.07, 6.45) is 1.34. The number of hydrogen-bond donors (Lipinski definition) is 2. The fourth-order valence-electron chi connectivity index (χ4n) is 2.49. The van der Waals surface area contributed by atoms with Gasteiger partial charge >= 0.3 is 0 Å². The number of halogens is 2. The highest BCUT2D eigenvalue weighted by atomic mass is 35.5. The fraction of sp³-hybridized carbons (Fsp3) is 0.0909. The summed E-state index contributed by atoms with van der Waals surface area (Å²) in [5.41, 5.74) is 4.03. The van der Waals surface area contributed by atoms with E-state index in [1.165, 1.54) is 19.4 Å². The number of methoxy groups -OCH3 is 1. The van der Waals surface area contributed by atoms with Gasteiger partial charge in [-0.1, -0.05) is 29.3 Å². The van der Waals surface area contributed by atoms with Crippen LogP contribution in [0.15, 0.2) is 65.8 Å². The van der Waals surface area contributed by atoms with E-state index in [4.69, 9.17) is 32.7 Å². The van der Waals surface area contributed by atoms with Crippen LogP contribution in [0.1, 0.15) is 21.5 Å². The minimum Gasteiger partial charge on any atom is -0.507 e. The molecule has 0 spiro atoms. The SMILES string of the molecule is COc1ccc(O)c(/C=N/NC(=O)c2ccc(OCc3ccc(Cl)cc3Cl)cc2)c1. The number of hydrogen-bond acceptors (Lipinski definition) is 5. The molecule has 30 heavy (non-hydrogen) atoms. The zero-order valence-corrected chi connectivity index (χ0v) is 17.4. The molecule has 3 aromatic rings. The Bertz CT molecular complexity index is 1070. The van der Waals surface area contributed by atoms with Gasteiger partial charge in [-0.25, -0.2) is 5.43 Å². The predicted octanol–water partition coefficient (Wildman–Crippen LogP) is 5.05. The van der Waals surface area contributed by atoms with Crippen LogP contribution < -0.4 is 14.9 Å². The molecule has 0 aromatic heterocycles. The van der Waals surface area contributed by atoms with Gasteiger partial charge in [0.25, 0.3) is 5.91 Å². The van der Waals surface area contributed by atoms with Gasteiger partial charge in [0, 0.05) is 26.7 Å². The van der Waals surface area contributed by atoms with Crippen LogP contribution in [0, 0.1) is 0 Å². The Morgan fingerprint density at radius 1 is 1.07 bits per heavy atom. The predicted molar refractivity (Wildman–Crippen MR) is 117 cm³/mol. The first-order chi connectivity index (χ1) is 14.5. The van der Waals surface area contributed by atoms with Crippen molar-refractivity contribution < 1.29 is 19.4 Å². The van der Waals surface area contributed by atoms with E-state index in [2.05, 4.69) is 10.5 Å². The number of aromatic hydroxyl groups is 1.